The molecule has 0 bridgehead atoms. The summed E-state index contributed by atoms with van der Waals surface area (Å²) in [4.78, 5) is 20.0. The molecule has 0 radical (unpaired) electrons. The second-order valence-electron chi connectivity index (χ2n) is 5.17. The molecule has 0 saturated heterocycles. The molecule has 0 fully saturated rings. The predicted molar refractivity (Wildman–Crippen MR) is 102 cm³/mol. The summed E-state index contributed by atoms with van der Waals surface area (Å²) >= 11 is 2.80. The average Bonchev–Trinajstić information content (AvgIpc) is 3.34. The van der Waals surface area contributed by atoms with Crippen molar-refractivity contribution < 1.29 is 13.6 Å². The highest BCUT2D eigenvalue weighted by Crippen LogP contribution is 2.28. The Balaban J connectivity index is 1.46. The Labute approximate surface area is 157 Å². The molecule has 0 atom stereocenters. The van der Waals surface area contributed by atoms with Crippen molar-refractivity contribution >= 4 is 40.1 Å². The van der Waals surface area contributed by atoms with Crippen molar-refractivity contribution in [3.63, 3.8) is 0 Å². The highest BCUT2D eigenvalue weighted by Gasteiger charge is 2.10. The molecule has 136 valence electrons. The highest BCUT2D eigenvalue weighted by atomic mass is 32.2. The summed E-state index contributed by atoms with van der Waals surface area (Å²) in [6.07, 6.45) is 1.62. The maximum Gasteiger partial charge on any atom is 0.230 e. The summed E-state index contributed by atoms with van der Waals surface area (Å²) < 4.78 is 10.9. The van der Waals surface area contributed by atoms with Crippen LogP contribution in [0, 0.1) is 0 Å². The molecule has 3 aromatic rings. The van der Waals surface area contributed by atoms with E-state index in [9.17, 15) is 4.79 Å². The molecule has 26 heavy (non-hydrogen) atoms. The molecule has 5 N–H and O–H groups in total. The average molecular weight is 391 g/mol. The van der Waals surface area contributed by atoms with E-state index in [2.05, 4.69) is 15.3 Å². The number of hydrogen-bond acceptors (Lipinski definition) is 7. The second kappa shape index (κ2) is 8.59. The number of aromatic nitrogens is 1. The molecule has 0 saturated carbocycles. The highest BCUT2D eigenvalue weighted by molar-refractivity contribution is 7.99. The van der Waals surface area contributed by atoms with Gasteiger partial charge in [0.2, 0.25) is 11.0 Å². The fourth-order valence-electron chi connectivity index (χ4n) is 2.03. The minimum absolute atomic E-state index is 0.0429. The Kier molecular flexibility index (Phi) is 5.97. The van der Waals surface area contributed by atoms with Gasteiger partial charge in [-0.15, -0.1) is 23.1 Å². The molecular weight excluding hydrogens is 374 g/mol. The van der Waals surface area contributed by atoms with Crippen molar-refractivity contribution in [3.05, 3.63) is 47.4 Å². The first-order chi connectivity index (χ1) is 12.6. The van der Waals surface area contributed by atoms with Gasteiger partial charge in [0, 0.05) is 5.38 Å². The Hall–Kier alpha value is -2.72. The van der Waals surface area contributed by atoms with Gasteiger partial charge in [0.15, 0.2) is 11.7 Å². The number of thiazole rings is 1. The van der Waals surface area contributed by atoms with Crippen molar-refractivity contribution in [2.45, 2.75) is 12.3 Å². The molecule has 1 amide bonds. The largest absolute Gasteiger partial charge is 0.468 e. The summed E-state index contributed by atoms with van der Waals surface area (Å²) in [7, 11) is 0. The summed E-state index contributed by atoms with van der Waals surface area (Å²) in [6.45, 7) is 0.311. The lowest BCUT2D eigenvalue weighted by molar-refractivity contribution is -0.118. The molecule has 3 heterocycles. The molecule has 0 aliphatic heterocycles. The zero-order chi connectivity index (χ0) is 18.4. The van der Waals surface area contributed by atoms with Crippen LogP contribution in [0.5, 0.6) is 0 Å². The summed E-state index contributed by atoms with van der Waals surface area (Å²) in [6, 6.07) is 7.30. The van der Waals surface area contributed by atoms with Gasteiger partial charge in [0.25, 0.3) is 0 Å². The first-order valence-electron chi connectivity index (χ1n) is 7.61. The van der Waals surface area contributed by atoms with E-state index in [-0.39, 0.29) is 11.9 Å². The Morgan fingerprint density at radius 3 is 2.96 bits per heavy atom. The number of aliphatic imine (C=N–C) groups is 1. The lowest BCUT2D eigenvalue weighted by Crippen LogP contribution is -2.24. The van der Waals surface area contributed by atoms with E-state index in [1.54, 1.807) is 23.8 Å². The molecule has 3 rings (SSSR count). The van der Waals surface area contributed by atoms with Crippen LogP contribution in [-0.4, -0.2) is 22.6 Å². The lowest BCUT2D eigenvalue weighted by Gasteiger charge is -2.02. The van der Waals surface area contributed by atoms with Gasteiger partial charge >= 0.3 is 0 Å². The molecule has 8 nitrogen and oxygen atoms in total. The Morgan fingerprint density at radius 1 is 1.31 bits per heavy atom. The van der Waals surface area contributed by atoms with Crippen LogP contribution in [0.4, 0.5) is 5.13 Å². The van der Waals surface area contributed by atoms with E-state index in [1.807, 2.05) is 12.1 Å². The Morgan fingerprint density at radius 2 is 2.19 bits per heavy atom. The molecule has 3 aromatic heterocycles. The van der Waals surface area contributed by atoms with Crippen LogP contribution in [0.3, 0.4) is 0 Å². The number of nitrogens with zero attached hydrogens (tertiary/aromatic N) is 2. The third kappa shape index (κ3) is 5.14. The number of nitrogens with two attached hydrogens (primary N) is 2. The fourth-order valence-corrected chi connectivity index (χ4v) is 3.48. The van der Waals surface area contributed by atoms with E-state index in [0.717, 1.165) is 5.76 Å². The van der Waals surface area contributed by atoms with Gasteiger partial charge < -0.3 is 25.6 Å². The number of rotatable bonds is 8. The van der Waals surface area contributed by atoms with Gasteiger partial charge in [0.1, 0.15) is 17.2 Å². The van der Waals surface area contributed by atoms with Crippen molar-refractivity contribution in [2.24, 2.45) is 16.5 Å². The van der Waals surface area contributed by atoms with Crippen LogP contribution < -0.4 is 16.8 Å². The van der Waals surface area contributed by atoms with Crippen LogP contribution in [0.2, 0.25) is 0 Å². The molecule has 0 spiro atoms. The van der Waals surface area contributed by atoms with Crippen LogP contribution in [0.1, 0.15) is 11.5 Å². The predicted octanol–water partition coefficient (Wildman–Crippen LogP) is 2.45. The summed E-state index contributed by atoms with van der Waals surface area (Å²) in [5, 5.41) is 5.08. The van der Waals surface area contributed by atoms with Crippen molar-refractivity contribution in [1.29, 1.82) is 0 Å². The third-order valence-corrected chi connectivity index (χ3v) is 4.84. The van der Waals surface area contributed by atoms with E-state index >= 15 is 0 Å². The maximum atomic E-state index is 11.9. The van der Waals surface area contributed by atoms with Crippen molar-refractivity contribution in [3.8, 4) is 11.5 Å². The van der Waals surface area contributed by atoms with Crippen LogP contribution in [-0.2, 0) is 17.1 Å². The first-order valence-corrected chi connectivity index (χ1v) is 9.64. The van der Waals surface area contributed by atoms with E-state index in [4.69, 9.17) is 20.3 Å². The molecular formula is C16H17N5O3S2. The lowest BCUT2D eigenvalue weighted by atomic mass is 10.3. The fraction of sp³-hybridized carbons (Fsp3) is 0.188. The number of nitrogens with one attached hydrogen (secondary N) is 1. The number of carbonyl (C=O) groups is 1. The molecule has 0 aliphatic rings. The van der Waals surface area contributed by atoms with E-state index in [1.165, 1.54) is 23.1 Å². The quantitative estimate of drug-likeness (QED) is 0.397. The van der Waals surface area contributed by atoms with Crippen molar-refractivity contribution in [2.75, 3.05) is 5.75 Å². The number of hydrogen-bond donors (Lipinski definition) is 3. The minimum Gasteiger partial charge on any atom is -0.468 e. The number of guanidine groups is 1. The second-order valence-corrected chi connectivity index (χ2v) is 6.99. The molecule has 0 unspecified atom stereocenters. The Bertz CT molecular complexity index is 881. The first kappa shape index (κ1) is 18.1. The number of thioether (sulfide) groups is 1. The number of amides is 1. The smallest absolute Gasteiger partial charge is 0.230 e. The normalized spacial score (nSPS) is 10.6. The zero-order valence-electron chi connectivity index (χ0n) is 13.7. The molecule has 0 aromatic carbocycles. The minimum atomic E-state index is -0.0665. The SMILES string of the molecule is NC(N)=Nc1nc(-c2ccc(CNC(=O)CSCc3ccco3)o2)cs1. The molecule has 10 heteroatoms. The van der Waals surface area contributed by atoms with Crippen LogP contribution in [0.25, 0.3) is 11.5 Å². The van der Waals surface area contributed by atoms with E-state index < -0.39 is 0 Å². The van der Waals surface area contributed by atoms with Gasteiger partial charge in [0.05, 0.1) is 24.3 Å². The van der Waals surface area contributed by atoms with Crippen LogP contribution >= 0.6 is 23.1 Å². The maximum absolute atomic E-state index is 11.9. The van der Waals surface area contributed by atoms with Crippen molar-refractivity contribution in [1.82, 2.24) is 10.3 Å². The van der Waals surface area contributed by atoms with E-state index in [0.29, 0.717) is 40.4 Å². The van der Waals surface area contributed by atoms with Gasteiger partial charge in [-0.05, 0) is 24.3 Å². The standard InChI is InChI=1S/C16H17N5O3S2/c17-15(18)21-16-20-12(8-26-16)13-4-3-10(24-13)6-19-14(22)9-25-7-11-2-1-5-23-11/h1-5,8H,6-7,9H2,(H,19,22)(H4,17,18,20,21). The van der Waals surface area contributed by atoms with Gasteiger partial charge in [-0.3, -0.25) is 4.79 Å². The van der Waals surface area contributed by atoms with Gasteiger partial charge in [-0.2, -0.15) is 4.99 Å². The topological polar surface area (TPSA) is 133 Å². The van der Waals surface area contributed by atoms with Gasteiger partial charge in [-0.25, -0.2) is 4.98 Å². The number of furan rings is 2. The number of carbonyl (C=O) groups excluding carboxylic acids is 1. The monoisotopic (exact) mass is 391 g/mol. The molecule has 0 aliphatic carbocycles. The van der Waals surface area contributed by atoms with Crippen LogP contribution in [0.15, 0.2) is 49.7 Å². The summed E-state index contributed by atoms with van der Waals surface area (Å²) in [5.74, 6) is 2.98. The summed E-state index contributed by atoms with van der Waals surface area (Å²) in [5.41, 5.74) is 11.3. The zero-order valence-corrected chi connectivity index (χ0v) is 15.3. The third-order valence-electron chi connectivity index (χ3n) is 3.15. The van der Waals surface area contributed by atoms with Gasteiger partial charge in [-0.1, -0.05) is 0 Å².